The molecule has 3 N–H and O–H groups in total. The lowest BCUT2D eigenvalue weighted by molar-refractivity contribution is -0.144. The second-order valence-corrected chi connectivity index (χ2v) is 12.4. The van der Waals surface area contributed by atoms with Gasteiger partial charge in [0.15, 0.2) is 0 Å². The molecule has 0 saturated carbocycles. The van der Waals surface area contributed by atoms with Crippen molar-refractivity contribution in [2.45, 2.75) is 97.6 Å². The third-order valence-corrected chi connectivity index (χ3v) is 8.69. The summed E-state index contributed by atoms with van der Waals surface area (Å²) in [5, 5.41) is 2.85. The van der Waals surface area contributed by atoms with E-state index in [1.165, 1.54) is 0 Å². The second-order valence-electron chi connectivity index (χ2n) is 12.4. The number of nitrogens with two attached hydrogens (primary N) is 1. The Morgan fingerprint density at radius 2 is 1.69 bits per heavy atom. The van der Waals surface area contributed by atoms with Crippen LogP contribution in [-0.4, -0.2) is 130 Å². The van der Waals surface area contributed by atoms with Crippen molar-refractivity contribution in [3.63, 3.8) is 0 Å². The molecule has 1 rings (SSSR count). The zero-order valence-corrected chi connectivity index (χ0v) is 28.1. The van der Waals surface area contributed by atoms with Crippen LogP contribution in [0.1, 0.15) is 67.2 Å². The molecular weight excluding hydrogens is 538 g/mol. The average molecular weight is 600 g/mol. The first-order chi connectivity index (χ1) is 19.9. The lowest BCUT2D eigenvalue weighted by Gasteiger charge is -2.39. The fourth-order valence-corrected chi connectivity index (χ4v) is 6.29. The Bertz CT molecular complexity index is 813. The molecule has 0 aromatic heterocycles. The number of likely N-dealkylation sites (N-methyl/N-ethyl adjacent to an activating group) is 2. The molecule has 0 bridgehead atoms. The van der Waals surface area contributed by atoms with Gasteiger partial charge in [-0.1, -0.05) is 48.0 Å². The first-order valence-electron chi connectivity index (χ1n) is 15.7. The van der Waals surface area contributed by atoms with Gasteiger partial charge in [0.1, 0.15) is 0 Å². The summed E-state index contributed by atoms with van der Waals surface area (Å²) in [7, 11) is 6.92. The highest BCUT2D eigenvalue weighted by atomic mass is 16.5. The number of ether oxygens (including phenoxy) is 3. The number of rotatable bonds is 20. The summed E-state index contributed by atoms with van der Waals surface area (Å²) in [6.07, 6.45) is 2.33. The van der Waals surface area contributed by atoms with Crippen molar-refractivity contribution in [3.8, 4) is 0 Å². The Morgan fingerprint density at radius 3 is 2.21 bits per heavy atom. The largest absolute Gasteiger partial charge is 0.379 e. The number of hydrogen-bond acceptors (Lipinski definition) is 8. The number of hydrogen-bond donors (Lipinski definition) is 2. The Hall–Kier alpha value is -1.79. The number of amides is 3. The van der Waals surface area contributed by atoms with Crippen LogP contribution in [0.25, 0.3) is 0 Å². The van der Waals surface area contributed by atoms with Gasteiger partial charge in [0.25, 0.3) is 0 Å². The van der Waals surface area contributed by atoms with Gasteiger partial charge in [0.05, 0.1) is 56.5 Å². The van der Waals surface area contributed by atoms with E-state index in [2.05, 4.69) is 33.0 Å². The molecule has 0 aliphatic carbocycles. The highest BCUT2D eigenvalue weighted by Gasteiger charge is 2.40. The van der Waals surface area contributed by atoms with E-state index in [4.69, 9.17) is 19.9 Å². The van der Waals surface area contributed by atoms with E-state index in [9.17, 15) is 14.4 Å². The van der Waals surface area contributed by atoms with Crippen LogP contribution >= 0.6 is 0 Å². The van der Waals surface area contributed by atoms with Gasteiger partial charge in [-0.25, -0.2) is 0 Å². The second kappa shape index (κ2) is 19.5. The van der Waals surface area contributed by atoms with Crippen molar-refractivity contribution < 1.29 is 28.6 Å². The van der Waals surface area contributed by atoms with Crippen LogP contribution in [0.3, 0.4) is 0 Å². The third kappa shape index (κ3) is 11.0. The summed E-state index contributed by atoms with van der Waals surface area (Å²) >= 11 is 0. The zero-order chi connectivity index (χ0) is 32.0. The number of methoxy groups -OCH3 is 2. The normalized spacial score (nSPS) is 19.2. The molecule has 11 nitrogen and oxygen atoms in total. The first-order valence-corrected chi connectivity index (χ1v) is 15.7. The fourth-order valence-electron chi connectivity index (χ4n) is 6.29. The number of nitrogens with zero attached hydrogens (tertiary/aromatic N) is 3. The lowest BCUT2D eigenvalue weighted by Crippen LogP contribution is -2.55. The zero-order valence-electron chi connectivity index (χ0n) is 28.1. The molecule has 42 heavy (non-hydrogen) atoms. The Morgan fingerprint density at radius 1 is 1.02 bits per heavy atom. The van der Waals surface area contributed by atoms with E-state index >= 15 is 0 Å². The van der Waals surface area contributed by atoms with Gasteiger partial charge in [-0.05, 0) is 37.6 Å². The van der Waals surface area contributed by atoms with Crippen molar-refractivity contribution in [3.05, 3.63) is 0 Å². The van der Waals surface area contributed by atoms with Gasteiger partial charge in [0.2, 0.25) is 17.7 Å². The molecule has 6 unspecified atom stereocenters. The van der Waals surface area contributed by atoms with Crippen LogP contribution < -0.4 is 11.1 Å². The van der Waals surface area contributed by atoms with E-state index in [0.29, 0.717) is 32.8 Å². The van der Waals surface area contributed by atoms with Crippen molar-refractivity contribution in [1.29, 1.82) is 0 Å². The van der Waals surface area contributed by atoms with E-state index < -0.39 is 12.1 Å². The summed E-state index contributed by atoms with van der Waals surface area (Å²) < 4.78 is 17.2. The molecule has 0 aromatic rings. The molecule has 1 saturated heterocycles. The van der Waals surface area contributed by atoms with Crippen molar-refractivity contribution in [2.24, 2.45) is 23.5 Å². The molecule has 6 atom stereocenters. The molecular formula is C31H61N5O6. The molecule has 3 amide bonds. The quantitative estimate of drug-likeness (QED) is 0.204. The number of carbonyl (C=O) groups is 3. The average Bonchev–Trinajstić information content (AvgIpc) is 3.42. The maximum absolute atomic E-state index is 13.6. The molecule has 1 heterocycles. The Labute approximate surface area is 255 Å². The summed E-state index contributed by atoms with van der Waals surface area (Å²) in [5.41, 5.74) is 5.48. The predicted molar refractivity (Wildman–Crippen MR) is 166 cm³/mol. The monoisotopic (exact) mass is 599 g/mol. The number of carbonyl (C=O) groups excluding carboxylic acids is 3. The van der Waals surface area contributed by atoms with Crippen molar-refractivity contribution >= 4 is 17.7 Å². The SMILES string of the molecule is CCC(C)C(C(CC(=O)N1CCCC1C(OC)C(C)C)OC)N(C)C(=O)CNC(=O)C(C(C)C)N(C)CCOCCN. The molecule has 0 radical (unpaired) electrons. The third-order valence-electron chi connectivity index (χ3n) is 8.69. The van der Waals surface area contributed by atoms with E-state index in [-0.39, 0.29) is 66.6 Å². The summed E-state index contributed by atoms with van der Waals surface area (Å²) in [4.78, 5) is 45.8. The van der Waals surface area contributed by atoms with Crippen LogP contribution in [0, 0.1) is 17.8 Å². The van der Waals surface area contributed by atoms with Gasteiger partial charge < -0.3 is 35.1 Å². The highest BCUT2D eigenvalue weighted by molar-refractivity contribution is 5.87. The van der Waals surface area contributed by atoms with Crippen molar-refractivity contribution in [2.75, 3.05) is 67.7 Å². The van der Waals surface area contributed by atoms with E-state index in [1.807, 2.05) is 30.7 Å². The maximum Gasteiger partial charge on any atom is 0.242 e. The van der Waals surface area contributed by atoms with Crippen LogP contribution in [0.4, 0.5) is 0 Å². The Kier molecular flexibility index (Phi) is 17.7. The van der Waals surface area contributed by atoms with Crippen LogP contribution in [0.2, 0.25) is 0 Å². The summed E-state index contributed by atoms with van der Waals surface area (Å²) in [5.74, 6) is -0.00244. The molecule has 246 valence electrons. The van der Waals surface area contributed by atoms with Gasteiger partial charge >= 0.3 is 0 Å². The molecule has 11 heteroatoms. The number of likely N-dealkylation sites (tertiary alicyclic amines) is 1. The molecule has 0 aromatic carbocycles. The van der Waals surface area contributed by atoms with Crippen LogP contribution in [-0.2, 0) is 28.6 Å². The van der Waals surface area contributed by atoms with Gasteiger partial charge in [-0.15, -0.1) is 0 Å². The molecule has 1 aliphatic rings. The smallest absolute Gasteiger partial charge is 0.242 e. The molecule has 0 spiro atoms. The van der Waals surface area contributed by atoms with Crippen molar-refractivity contribution in [1.82, 2.24) is 20.0 Å². The van der Waals surface area contributed by atoms with Gasteiger partial charge in [-0.2, -0.15) is 0 Å². The summed E-state index contributed by atoms with van der Waals surface area (Å²) in [6.45, 7) is 14.9. The molecule has 1 fully saturated rings. The number of nitrogens with one attached hydrogen (secondary N) is 1. The topological polar surface area (TPSA) is 127 Å². The van der Waals surface area contributed by atoms with Gasteiger partial charge in [-0.3, -0.25) is 19.3 Å². The molecule has 1 aliphatic heterocycles. The summed E-state index contributed by atoms with van der Waals surface area (Å²) in [6, 6.07) is -0.702. The van der Waals surface area contributed by atoms with E-state index in [1.54, 1.807) is 26.2 Å². The standard InChI is InChI=1S/C31H61N5O6/c1-11-23(6)29(25(40-9)19-26(37)36-15-12-13-24(36)30(41-10)22(4)5)35(8)27(38)20-33-31(39)28(21(2)3)34(7)16-18-42-17-14-32/h21-25,28-30H,11-20,32H2,1-10H3,(H,33,39). The first kappa shape index (κ1) is 38.2. The Balaban J connectivity index is 2.95. The fraction of sp³-hybridized carbons (Fsp3) is 0.903. The van der Waals surface area contributed by atoms with Crippen LogP contribution in [0.15, 0.2) is 0 Å². The lowest BCUT2D eigenvalue weighted by atomic mass is 9.90. The minimum absolute atomic E-state index is 0.0211. The van der Waals surface area contributed by atoms with Crippen LogP contribution in [0.5, 0.6) is 0 Å². The minimum atomic E-state index is -0.485. The minimum Gasteiger partial charge on any atom is -0.379 e. The predicted octanol–water partition coefficient (Wildman–Crippen LogP) is 1.97. The maximum atomic E-state index is 13.6. The highest BCUT2D eigenvalue weighted by Crippen LogP contribution is 2.28. The van der Waals surface area contributed by atoms with Gasteiger partial charge in [0, 0.05) is 40.9 Å². The van der Waals surface area contributed by atoms with E-state index in [0.717, 1.165) is 19.3 Å².